The smallest absolute Gasteiger partial charge is 0.340 e. The molecule has 0 unspecified atom stereocenters. The predicted molar refractivity (Wildman–Crippen MR) is 88.9 cm³/mol. The molecule has 3 nitrogen and oxygen atoms in total. The number of halogens is 1. The highest BCUT2D eigenvalue weighted by Gasteiger charge is 2.17. The van der Waals surface area contributed by atoms with E-state index >= 15 is 0 Å². The largest absolute Gasteiger partial charge is 0.478 e. The van der Waals surface area contributed by atoms with Crippen molar-refractivity contribution in [2.75, 3.05) is 6.26 Å². The van der Waals surface area contributed by atoms with Gasteiger partial charge in [0.05, 0.1) is 0 Å². The summed E-state index contributed by atoms with van der Waals surface area (Å²) >= 11 is 4.90. The van der Waals surface area contributed by atoms with Gasteiger partial charge in [-0.3, -0.25) is 0 Å². The van der Waals surface area contributed by atoms with E-state index in [-0.39, 0.29) is 5.56 Å². The van der Waals surface area contributed by atoms with Gasteiger partial charge < -0.3 is 9.84 Å². The quantitative estimate of drug-likeness (QED) is 0.747. The van der Waals surface area contributed by atoms with Gasteiger partial charge in [-0.2, -0.15) is 0 Å². The van der Waals surface area contributed by atoms with Crippen LogP contribution in [-0.2, 0) is 0 Å². The van der Waals surface area contributed by atoms with Crippen LogP contribution in [0.3, 0.4) is 0 Å². The normalized spacial score (nSPS) is 10.5. The van der Waals surface area contributed by atoms with E-state index in [9.17, 15) is 9.90 Å². The molecule has 0 fully saturated rings. The van der Waals surface area contributed by atoms with Crippen molar-refractivity contribution in [1.82, 2.24) is 0 Å². The van der Waals surface area contributed by atoms with E-state index < -0.39 is 5.97 Å². The van der Waals surface area contributed by atoms with E-state index in [1.165, 1.54) is 11.8 Å². The summed E-state index contributed by atoms with van der Waals surface area (Å²) < 4.78 is 6.85. The number of benzene rings is 2. The highest BCUT2D eigenvalue weighted by molar-refractivity contribution is 9.10. The lowest BCUT2D eigenvalue weighted by Gasteiger charge is -2.13. The monoisotopic (exact) mass is 366 g/mol. The van der Waals surface area contributed by atoms with Gasteiger partial charge in [-0.25, -0.2) is 4.79 Å². The fourth-order valence-electron chi connectivity index (χ4n) is 2.07. The number of hydrogen-bond acceptors (Lipinski definition) is 3. The van der Waals surface area contributed by atoms with Crippen LogP contribution in [0.4, 0.5) is 0 Å². The standard InChI is InChI=1S/C16H15BrO3S/c1-9-7-11(8-10(2)15(9)17)20-12-5-4-6-13(21-3)14(12)16(18)19/h4-8H,1-3H3,(H,18,19). The van der Waals surface area contributed by atoms with Crippen LogP contribution in [0.15, 0.2) is 39.7 Å². The lowest BCUT2D eigenvalue weighted by Crippen LogP contribution is -2.02. The Labute approximate surface area is 136 Å². The van der Waals surface area contributed by atoms with Gasteiger partial charge in [0.1, 0.15) is 17.1 Å². The molecule has 0 bridgehead atoms. The summed E-state index contributed by atoms with van der Waals surface area (Å²) in [5.74, 6) is 0.00457. The number of carboxylic acid groups (broad SMARTS) is 1. The molecule has 0 aliphatic heterocycles. The first-order chi connectivity index (χ1) is 9.93. The number of aryl methyl sites for hydroxylation is 2. The van der Waals surface area contributed by atoms with Crippen LogP contribution in [0.5, 0.6) is 11.5 Å². The lowest BCUT2D eigenvalue weighted by molar-refractivity contribution is 0.0690. The topological polar surface area (TPSA) is 46.5 Å². The summed E-state index contributed by atoms with van der Waals surface area (Å²) in [7, 11) is 0. The Hall–Kier alpha value is -1.46. The van der Waals surface area contributed by atoms with E-state index in [2.05, 4.69) is 15.9 Å². The molecule has 2 aromatic carbocycles. The maximum atomic E-state index is 11.5. The van der Waals surface area contributed by atoms with E-state index in [1.807, 2.05) is 32.2 Å². The molecule has 0 aliphatic carbocycles. The van der Waals surface area contributed by atoms with Crippen molar-refractivity contribution in [3.8, 4) is 11.5 Å². The second-order valence-corrected chi connectivity index (χ2v) is 6.25. The Balaban J connectivity index is 2.47. The Morgan fingerprint density at radius 3 is 2.38 bits per heavy atom. The molecule has 5 heteroatoms. The fraction of sp³-hybridized carbons (Fsp3) is 0.188. The van der Waals surface area contributed by atoms with Gasteiger partial charge >= 0.3 is 5.97 Å². The highest BCUT2D eigenvalue weighted by atomic mass is 79.9. The summed E-state index contributed by atoms with van der Waals surface area (Å²) in [5, 5.41) is 9.41. The number of aromatic carboxylic acids is 1. The van der Waals surface area contributed by atoms with E-state index in [4.69, 9.17) is 4.74 Å². The average Bonchev–Trinajstić information content (AvgIpc) is 2.44. The minimum Gasteiger partial charge on any atom is -0.478 e. The lowest BCUT2D eigenvalue weighted by atomic mass is 10.1. The third-order valence-corrected chi connectivity index (χ3v) is 5.09. The van der Waals surface area contributed by atoms with Crippen molar-refractivity contribution in [2.24, 2.45) is 0 Å². The molecule has 1 N–H and O–H groups in total. The molecular weight excluding hydrogens is 352 g/mol. The molecule has 0 aromatic heterocycles. The minimum absolute atomic E-state index is 0.197. The molecule has 110 valence electrons. The predicted octanol–water partition coefficient (Wildman–Crippen LogP) is 5.28. The van der Waals surface area contributed by atoms with Gasteiger partial charge in [0.15, 0.2) is 0 Å². The molecule has 21 heavy (non-hydrogen) atoms. The number of rotatable bonds is 4. The van der Waals surface area contributed by atoms with Crippen LogP contribution >= 0.6 is 27.7 Å². The molecule has 0 heterocycles. The summed E-state index contributed by atoms with van der Waals surface area (Å²) in [5.41, 5.74) is 2.29. The van der Waals surface area contributed by atoms with E-state index in [0.29, 0.717) is 16.4 Å². The minimum atomic E-state index is -0.986. The molecule has 0 saturated heterocycles. The zero-order valence-electron chi connectivity index (χ0n) is 11.9. The van der Waals surface area contributed by atoms with Crippen molar-refractivity contribution in [2.45, 2.75) is 18.7 Å². The second kappa shape index (κ2) is 6.54. The summed E-state index contributed by atoms with van der Waals surface area (Å²) in [6.45, 7) is 3.95. The van der Waals surface area contributed by atoms with Gasteiger partial charge in [0, 0.05) is 9.37 Å². The Morgan fingerprint density at radius 2 is 1.86 bits per heavy atom. The van der Waals surface area contributed by atoms with Crippen molar-refractivity contribution >= 4 is 33.7 Å². The zero-order chi connectivity index (χ0) is 15.6. The molecule has 0 aliphatic rings. The third-order valence-electron chi connectivity index (χ3n) is 3.06. The molecule has 0 atom stereocenters. The molecule has 2 rings (SSSR count). The van der Waals surface area contributed by atoms with E-state index in [0.717, 1.165) is 15.6 Å². The van der Waals surface area contributed by atoms with Crippen molar-refractivity contribution in [1.29, 1.82) is 0 Å². The Kier molecular flexibility index (Phi) is 4.96. The summed E-state index contributed by atoms with van der Waals surface area (Å²) in [6, 6.07) is 9.02. The summed E-state index contributed by atoms with van der Waals surface area (Å²) in [6.07, 6.45) is 1.85. The molecular formula is C16H15BrO3S. The first-order valence-corrected chi connectivity index (χ1v) is 8.30. The van der Waals surface area contributed by atoms with Crippen molar-refractivity contribution in [3.63, 3.8) is 0 Å². The maximum Gasteiger partial charge on any atom is 0.340 e. The highest BCUT2D eigenvalue weighted by Crippen LogP contribution is 2.34. The van der Waals surface area contributed by atoms with Crippen LogP contribution in [-0.4, -0.2) is 17.3 Å². The maximum absolute atomic E-state index is 11.5. The number of thioether (sulfide) groups is 1. The van der Waals surface area contributed by atoms with Crippen LogP contribution < -0.4 is 4.74 Å². The van der Waals surface area contributed by atoms with Crippen LogP contribution in [0.25, 0.3) is 0 Å². The third kappa shape index (κ3) is 3.41. The molecule has 0 amide bonds. The van der Waals surface area contributed by atoms with Crippen LogP contribution in [0.1, 0.15) is 21.5 Å². The van der Waals surface area contributed by atoms with Gasteiger partial charge in [0.2, 0.25) is 0 Å². The Morgan fingerprint density at radius 1 is 1.24 bits per heavy atom. The van der Waals surface area contributed by atoms with Crippen molar-refractivity contribution in [3.05, 3.63) is 51.5 Å². The first-order valence-electron chi connectivity index (χ1n) is 6.29. The van der Waals surface area contributed by atoms with Gasteiger partial charge in [-0.05, 0) is 55.5 Å². The molecule has 0 spiro atoms. The van der Waals surface area contributed by atoms with Crippen LogP contribution in [0, 0.1) is 13.8 Å². The molecule has 2 aromatic rings. The number of ether oxygens (including phenoxy) is 1. The SMILES string of the molecule is CSc1cccc(Oc2cc(C)c(Br)c(C)c2)c1C(=O)O. The van der Waals surface area contributed by atoms with Crippen LogP contribution in [0.2, 0.25) is 0 Å². The van der Waals surface area contributed by atoms with E-state index in [1.54, 1.807) is 18.2 Å². The molecule has 0 radical (unpaired) electrons. The van der Waals surface area contributed by atoms with Gasteiger partial charge in [0.25, 0.3) is 0 Å². The van der Waals surface area contributed by atoms with Crippen molar-refractivity contribution < 1.29 is 14.6 Å². The number of carbonyl (C=O) groups is 1. The number of hydrogen-bond donors (Lipinski definition) is 1. The average molecular weight is 367 g/mol. The molecule has 0 saturated carbocycles. The first kappa shape index (κ1) is 15.9. The fourth-order valence-corrected chi connectivity index (χ4v) is 2.90. The van der Waals surface area contributed by atoms with Gasteiger partial charge in [-0.1, -0.05) is 22.0 Å². The second-order valence-electron chi connectivity index (χ2n) is 4.61. The van der Waals surface area contributed by atoms with Gasteiger partial charge in [-0.15, -0.1) is 11.8 Å². The zero-order valence-corrected chi connectivity index (χ0v) is 14.3. The Bertz CT molecular complexity index is 675. The number of carboxylic acids is 1. The summed E-state index contributed by atoms with van der Waals surface area (Å²) in [4.78, 5) is 12.2.